The van der Waals surface area contributed by atoms with Gasteiger partial charge in [0.25, 0.3) is 5.91 Å². The number of hydrogen-bond donors (Lipinski definition) is 1. The summed E-state index contributed by atoms with van der Waals surface area (Å²) >= 11 is 0. The number of benzene rings is 2. The molecule has 114 valence electrons. The quantitative estimate of drug-likeness (QED) is 0.668. The van der Waals surface area contributed by atoms with Gasteiger partial charge in [0.05, 0.1) is 5.56 Å². The van der Waals surface area contributed by atoms with Gasteiger partial charge in [0.2, 0.25) is 0 Å². The Balaban J connectivity index is 2.36. The number of carbonyl (C=O) groups excluding carboxylic acids is 2. The van der Waals surface area contributed by atoms with E-state index in [0.29, 0.717) is 5.56 Å². The summed E-state index contributed by atoms with van der Waals surface area (Å²) in [4.78, 5) is 22.3. The molecule has 2 aromatic carbocycles. The minimum absolute atomic E-state index is 0.0357. The van der Waals surface area contributed by atoms with Crippen molar-refractivity contribution < 1.29 is 22.2 Å². The number of para-hydroxylation sites is 1. The van der Waals surface area contributed by atoms with Gasteiger partial charge in [-0.25, -0.2) is 0 Å². The minimum Gasteiger partial charge on any atom is -0.378 e. The molecule has 0 atom stereocenters. The molecule has 0 unspecified atom stereocenters. The third kappa shape index (κ3) is 3.32. The zero-order chi connectivity index (χ0) is 16.3. The molecule has 6 nitrogen and oxygen atoms in total. The van der Waals surface area contributed by atoms with Gasteiger partial charge in [0.15, 0.2) is 11.5 Å². The van der Waals surface area contributed by atoms with Crippen LogP contribution >= 0.6 is 0 Å². The van der Waals surface area contributed by atoms with Crippen molar-refractivity contribution in [1.29, 1.82) is 0 Å². The van der Waals surface area contributed by atoms with E-state index in [0.717, 1.165) is 0 Å². The summed E-state index contributed by atoms with van der Waals surface area (Å²) in [5.74, 6) is -1.12. The molecular formula is C15H13NO5S. The largest absolute Gasteiger partial charge is 0.378 e. The Morgan fingerprint density at radius 1 is 1.00 bits per heavy atom. The van der Waals surface area contributed by atoms with Gasteiger partial charge in [0, 0.05) is 5.56 Å². The van der Waals surface area contributed by atoms with Gasteiger partial charge in [-0.05, 0) is 31.2 Å². The lowest BCUT2D eigenvalue weighted by Crippen LogP contribution is -2.16. The minimum atomic E-state index is -4.13. The highest BCUT2D eigenvalue weighted by Crippen LogP contribution is 2.23. The van der Waals surface area contributed by atoms with Crippen LogP contribution in [-0.2, 0) is 10.1 Å². The second-order valence-electron chi connectivity index (χ2n) is 4.48. The van der Waals surface area contributed by atoms with Gasteiger partial charge in [-0.1, -0.05) is 24.3 Å². The van der Waals surface area contributed by atoms with E-state index in [-0.39, 0.29) is 22.0 Å². The fourth-order valence-electron chi connectivity index (χ4n) is 1.77. The number of amides is 1. The Morgan fingerprint density at radius 2 is 1.59 bits per heavy atom. The van der Waals surface area contributed by atoms with E-state index in [9.17, 15) is 18.0 Å². The summed E-state index contributed by atoms with van der Waals surface area (Å²) in [5, 5.41) is 0. The first-order valence-electron chi connectivity index (χ1n) is 6.25. The summed E-state index contributed by atoms with van der Waals surface area (Å²) in [6.45, 7) is 1.38. The molecule has 0 aliphatic heterocycles. The molecule has 0 bridgehead atoms. The summed E-state index contributed by atoms with van der Waals surface area (Å²) in [7, 11) is -4.13. The third-order valence-corrected chi connectivity index (χ3v) is 4.15. The van der Waals surface area contributed by atoms with Crippen molar-refractivity contribution >= 4 is 21.8 Å². The smallest absolute Gasteiger partial charge is 0.339 e. The lowest BCUT2D eigenvalue weighted by Gasteiger charge is -2.09. The van der Waals surface area contributed by atoms with Gasteiger partial charge in [-0.2, -0.15) is 8.42 Å². The van der Waals surface area contributed by atoms with Crippen LogP contribution in [0.4, 0.5) is 0 Å². The van der Waals surface area contributed by atoms with Gasteiger partial charge >= 0.3 is 10.1 Å². The van der Waals surface area contributed by atoms with Crippen LogP contribution in [0, 0.1) is 0 Å². The van der Waals surface area contributed by atoms with Crippen LogP contribution < -0.4 is 9.92 Å². The Hall–Kier alpha value is -2.67. The van der Waals surface area contributed by atoms with Crippen LogP contribution in [0.1, 0.15) is 27.6 Å². The normalized spacial score (nSPS) is 11.0. The number of primary amides is 1. The zero-order valence-corrected chi connectivity index (χ0v) is 12.5. The van der Waals surface area contributed by atoms with Crippen LogP contribution in [0.3, 0.4) is 0 Å². The van der Waals surface area contributed by atoms with E-state index in [4.69, 9.17) is 9.92 Å². The molecule has 0 radical (unpaired) electrons. The van der Waals surface area contributed by atoms with Gasteiger partial charge in [0.1, 0.15) is 4.90 Å². The Labute approximate surface area is 127 Å². The summed E-state index contributed by atoms with van der Waals surface area (Å²) < 4.78 is 29.4. The molecule has 7 heteroatoms. The molecule has 0 spiro atoms. The monoisotopic (exact) mass is 319 g/mol. The number of ketones is 1. The molecule has 22 heavy (non-hydrogen) atoms. The maximum Gasteiger partial charge on any atom is 0.339 e. The molecule has 0 fully saturated rings. The van der Waals surface area contributed by atoms with Crippen molar-refractivity contribution in [3.05, 3.63) is 59.7 Å². The number of nitrogens with two attached hydrogens (primary N) is 1. The van der Waals surface area contributed by atoms with Crippen molar-refractivity contribution in [3.8, 4) is 5.75 Å². The van der Waals surface area contributed by atoms with Crippen LogP contribution in [0.15, 0.2) is 53.4 Å². The lowest BCUT2D eigenvalue weighted by molar-refractivity contribution is 0.0994. The lowest BCUT2D eigenvalue weighted by atomic mass is 10.2. The van der Waals surface area contributed by atoms with Crippen LogP contribution in [0.5, 0.6) is 5.75 Å². The second kappa shape index (κ2) is 5.98. The van der Waals surface area contributed by atoms with Crippen molar-refractivity contribution in [2.45, 2.75) is 11.8 Å². The highest BCUT2D eigenvalue weighted by molar-refractivity contribution is 7.87. The second-order valence-corrected chi connectivity index (χ2v) is 6.02. The molecule has 0 saturated carbocycles. The van der Waals surface area contributed by atoms with Crippen LogP contribution in [-0.4, -0.2) is 20.1 Å². The first-order valence-corrected chi connectivity index (χ1v) is 7.66. The number of carbonyl (C=O) groups is 2. The standard InChI is InChI=1S/C15H13NO5S/c1-10(17)11-6-8-12(9-7-11)22(19,20)21-14-5-3-2-4-13(14)15(16)18/h2-9H,1H3,(H2,16,18). The topological polar surface area (TPSA) is 104 Å². The maximum atomic E-state index is 12.2. The van der Waals surface area contributed by atoms with E-state index < -0.39 is 16.0 Å². The van der Waals surface area contributed by atoms with E-state index >= 15 is 0 Å². The van der Waals surface area contributed by atoms with E-state index in [1.54, 1.807) is 6.07 Å². The van der Waals surface area contributed by atoms with Crippen LogP contribution in [0.2, 0.25) is 0 Å². The van der Waals surface area contributed by atoms with Crippen LogP contribution in [0.25, 0.3) is 0 Å². The fourth-order valence-corrected chi connectivity index (χ4v) is 2.71. The SMILES string of the molecule is CC(=O)c1ccc(S(=O)(=O)Oc2ccccc2C(N)=O)cc1. The predicted molar refractivity (Wildman–Crippen MR) is 79.2 cm³/mol. The van der Waals surface area contributed by atoms with Gasteiger partial charge < -0.3 is 9.92 Å². The molecule has 0 aromatic heterocycles. The number of rotatable bonds is 5. The van der Waals surface area contributed by atoms with Gasteiger partial charge in [-0.15, -0.1) is 0 Å². The fraction of sp³-hybridized carbons (Fsp3) is 0.0667. The van der Waals surface area contributed by atoms with Crippen molar-refractivity contribution in [1.82, 2.24) is 0 Å². The Bertz CT molecular complexity index is 825. The molecule has 2 aromatic rings. The highest BCUT2D eigenvalue weighted by Gasteiger charge is 2.20. The highest BCUT2D eigenvalue weighted by atomic mass is 32.2. The molecule has 0 aliphatic rings. The molecule has 0 saturated heterocycles. The number of Topliss-reactive ketones (excluding diaryl/α,β-unsaturated/α-hetero) is 1. The number of hydrogen-bond acceptors (Lipinski definition) is 5. The summed E-state index contributed by atoms with van der Waals surface area (Å²) in [6, 6.07) is 11.1. The molecule has 0 heterocycles. The summed E-state index contributed by atoms with van der Waals surface area (Å²) in [5.41, 5.74) is 5.52. The van der Waals surface area contributed by atoms with Crippen molar-refractivity contribution in [2.24, 2.45) is 5.73 Å². The van der Waals surface area contributed by atoms with Crippen molar-refractivity contribution in [2.75, 3.05) is 0 Å². The maximum absolute atomic E-state index is 12.2. The van der Waals surface area contributed by atoms with E-state index in [1.807, 2.05) is 0 Å². The first-order chi connectivity index (χ1) is 10.3. The zero-order valence-electron chi connectivity index (χ0n) is 11.6. The summed E-state index contributed by atoms with van der Waals surface area (Å²) in [6.07, 6.45) is 0. The van der Waals surface area contributed by atoms with E-state index in [1.165, 1.54) is 49.4 Å². The average molecular weight is 319 g/mol. The molecule has 0 aliphatic carbocycles. The van der Waals surface area contributed by atoms with Gasteiger partial charge in [-0.3, -0.25) is 9.59 Å². The average Bonchev–Trinajstić information content (AvgIpc) is 2.47. The predicted octanol–water partition coefficient (Wildman–Crippen LogP) is 1.76. The Morgan fingerprint density at radius 3 is 2.14 bits per heavy atom. The molecule has 1 amide bonds. The molecule has 2 rings (SSSR count). The van der Waals surface area contributed by atoms with E-state index in [2.05, 4.69) is 0 Å². The third-order valence-electron chi connectivity index (χ3n) is 2.90. The molecular weight excluding hydrogens is 306 g/mol. The molecule has 2 N–H and O–H groups in total. The van der Waals surface area contributed by atoms with Crippen molar-refractivity contribution in [3.63, 3.8) is 0 Å². The Kier molecular flexibility index (Phi) is 4.27. The first kappa shape index (κ1) is 15.7.